The highest BCUT2D eigenvalue weighted by atomic mass is 32.3. The fourth-order valence-electron chi connectivity index (χ4n) is 0.717. The molecule has 64 valence electrons. The first-order valence-corrected chi connectivity index (χ1v) is 4.13. The van der Waals surface area contributed by atoms with E-state index in [1.165, 1.54) is 0 Å². The van der Waals surface area contributed by atoms with E-state index in [9.17, 15) is 13.2 Å². The molecule has 0 saturated carbocycles. The summed E-state index contributed by atoms with van der Waals surface area (Å²) in [6.07, 6.45) is 0.971. The number of hydrogen-bond acceptors (Lipinski definition) is 6. The second-order valence-electron chi connectivity index (χ2n) is 1.96. The third-order valence-electron chi connectivity index (χ3n) is 1.12. The average molecular weight is 190 g/mol. The summed E-state index contributed by atoms with van der Waals surface area (Å²) >= 11 is 0. The van der Waals surface area contributed by atoms with Crippen molar-refractivity contribution in [2.24, 2.45) is 0 Å². The SMILES string of the molecule is O=c1ncc2c([nH]1)OS(=O)(=O)O2. The van der Waals surface area contributed by atoms with Gasteiger partial charge in [-0.25, -0.2) is 4.79 Å². The first kappa shape index (κ1) is 7.10. The van der Waals surface area contributed by atoms with Gasteiger partial charge in [-0.1, -0.05) is 0 Å². The molecular weight excluding hydrogens is 188 g/mol. The van der Waals surface area contributed by atoms with Crippen molar-refractivity contribution in [3.05, 3.63) is 16.7 Å². The Bertz CT molecular complexity index is 474. The van der Waals surface area contributed by atoms with Crippen molar-refractivity contribution in [3.63, 3.8) is 0 Å². The van der Waals surface area contributed by atoms with Crippen LogP contribution in [0.25, 0.3) is 0 Å². The van der Waals surface area contributed by atoms with E-state index in [-0.39, 0.29) is 11.6 Å². The maximum Gasteiger partial charge on any atom is 0.502 e. The van der Waals surface area contributed by atoms with Crippen LogP contribution in [-0.4, -0.2) is 18.4 Å². The van der Waals surface area contributed by atoms with Crippen molar-refractivity contribution in [1.29, 1.82) is 0 Å². The van der Waals surface area contributed by atoms with Crippen LogP contribution in [0, 0.1) is 0 Å². The van der Waals surface area contributed by atoms with Gasteiger partial charge in [-0.3, -0.25) is 4.98 Å². The van der Waals surface area contributed by atoms with Gasteiger partial charge < -0.3 is 8.37 Å². The minimum absolute atomic E-state index is 0.116. The smallest absolute Gasteiger partial charge is 0.345 e. The predicted octanol–water partition coefficient (Wildman–Crippen LogP) is -1.21. The predicted molar refractivity (Wildman–Crippen MR) is 35.0 cm³/mol. The molecule has 0 radical (unpaired) electrons. The van der Waals surface area contributed by atoms with Gasteiger partial charge in [-0.05, 0) is 0 Å². The molecule has 0 aromatic carbocycles. The zero-order valence-electron chi connectivity index (χ0n) is 5.47. The molecule has 0 spiro atoms. The van der Waals surface area contributed by atoms with Crippen LogP contribution in [0.1, 0.15) is 0 Å². The van der Waals surface area contributed by atoms with Gasteiger partial charge in [-0.15, -0.1) is 8.42 Å². The number of nitrogens with zero attached hydrogens (tertiary/aromatic N) is 1. The summed E-state index contributed by atoms with van der Waals surface area (Å²) in [6.45, 7) is 0. The van der Waals surface area contributed by atoms with Gasteiger partial charge in [0.2, 0.25) is 5.75 Å². The summed E-state index contributed by atoms with van der Waals surface area (Å²) in [7, 11) is -4.03. The maximum absolute atomic E-state index is 10.6. The van der Waals surface area contributed by atoms with Crippen molar-refractivity contribution in [2.75, 3.05) is 0 Å². The number of nitrogens with one attached hydrogen (secondary N) is 1. The van der Waals surface area contributed by atoms with Crippen LogP contribution in [0.2, 0.25) is 0 Å². The second-order valence-corrected chi connectivity index (χ2v) is 3.11. The average Bonchev–Trinajstić information content (AvgIpc) is 2.21. The molecule has 2 rings (SSSR count). The molecule has 0 unspecified atom stereocenters. The van der Waals surface area contributed by atoms with E-state index in [2.05, 4.69) is 18.3 Å². The number of aromatic nitrogens is 2. The standard InChI is InChI=1S/C4H2N2O5S/c7-4-5-1-2-3(6-4)11-12(8,9)10-2/h1H,(H,5,6,7). The van der Waals surface area contributed by atoms with Crippen molar-refractivity contribution >= 4 is 10.4 Å². The molecule has 1 aromatic heterocycles. The molecular formula is C4H2N2O5S. The van der Waals surface area contributed by atoms with Gasteiger partial charge >= 0.3 is 16.1 Å². The fraction of sp³-hybridized carbons (Fsp3) is 0. The lowest BCUT2D eigenvalue weighted by Crippen LogP contribution is -2.10. The molecule has 1 aliphatic rings. The lowest BCUT2D eigenvalue weighted by Gasteiger charge is -1.87. The number of fused-ring (bicyclic) bond motifs is 1. The quantitative estimate of drug-likeness (QED) is 0.550. The van der Waals surface area contributed by atoms with Crippen LogP contribution in [-0.2, 0) is 10.4 Å². The highest BCUT2D eigenvalue weighted by molar-refractivity contribution is 7.82. The Morgan fingerprint density at radius 2 is 2.17 bits per heavy atom. The van der Waals surface area contributed by atoms with Crippen LogP contribution >= 0.6 is 0 Å². The van der Waals surface area contributed by atoms with Crippen LogP contribution in [0.3, 0.4) is 0 Å². The van der Waals surface area contributed by atoms with E-state index in [1.54, 1.807) is 0 Å². The van der Waals surface area contributed by atoms with Gasteiger partial charge in [0.15, 0.2) is 0 Å². The molecule has 1 N–H and O–H groups in total. The normalized spacial score (nSPS) is 17.7. The summed E-state index contributed by atoms with van der Waals surface area (Å²) in [5, 5.41) is 0. The first-order chi connectivity index (χ1) is 5.57. The Kier molecular flexibility index (Phi) is 1.17. The number of hydrogen-bond donors (Lipinski definition) is 1. The van der Waals surface area contributed by atoms with Crippen LogP contribution in [0.15, 0.2) is 11.0 Å². The Morgan fingerprint density at radius 3 is 2.92 bits per heavy atom. The summed E-state index contributed by atoms with van der Waals surface area (Å²) in [6, 6.07) is 0. The van der Waals surface area contributed by atoms with Gasteiger partial charge in [0.25, 0.3) is 5.88 Å². The molecule has 8 heteroatoms. The molecule has 7 nitrogen and oxygen atoms in total. The topological polar surface area (TPSA) is 98.4 Å². The molecule has 0 aliphatic carbocycles. The molecule has 0 amide bonds. The zero-order valence-corrected chi connectivity index (χ0v) is 6.29. The van der Waals surface area contributed by atoms with Gasteiger partial charge in [0.05, 0.1) is 6.20 Å². The van der Waals surface area contributed by atoms with Crippen molar-refractivity contribution in [1.82, 2.24) is 9.97 Å². The molecule has 0 fully saturated rings. The van der Waals surface area contributed by atoms with Crippen molar-refractivity contribution in [3.8, 4) is 11.6 Å². The van der Waals surface area contributed by atoms with Crippen LogP contribution < -0.4 is 14.1 Å². The largest absolute Gasteiger partial charge is 0.502 e. The van der Waals surface area contributed by atoms with E-state index in [4.69, 9.17) is 0 Å². The van der Waals surface area contributed by atoms with E-state index in [0.29, 0.717) is 0 Å². The summed E-state index contributed by atoms with van der Waals surface area (Å²) in [5.41, 5.74) is -0.700. The summed E-state index contributed by atoms with van der Waals surface area (Å²) in [4.78, 5) is 15.8. The summed E-state index contributed by atoms with van der Waals surface area (Å²) < 4.78 is 29.7. The molecule has 0 atom stereocenters. The van der Waals surface area contributed by atoms with Gasteiger partial charge in [-0.2, -0.15) is 4.98 Å². The minimum Gasteiger partial charge on any atom is -0.345 e. The Balaban J connectivity index is 2.64. The van der Waals surface area contributed by atoms with E-state index in [0.717, 1.165) is 6.20 Å². The van der Waals surface area contributed by atoms with E-state index in [1.807, 2.05) is 0 Å². The number of aromatic amines is 1. The molecule has 1 aromatic rings. The van der Waals surface area contributed by atoms with E-state index >= 15 is 0 Å². The lowest BCUT2D eigenvalue weighted by molar-refractivity contribution is 0.433. The van der Waals surface area contributed by atoms with Crippen molar-refractivity contribution < 1.29 is 16.8 Å². The van der Waals surface area contributed by atoms with Crippen molar-refractivity contribution in [2.45, 2.75) is 0 Å². The molecule has 0 saturated heterocycles. The van der Waals surface area contributed by atoms with Gasteiger partial charge in [0.1, 0.15) is 0 Å². The Hall–Kier alpha value is -1.57. The fourth-order valence-corrected chi connectivity index (χ4v) is 1.42. The third kappa shape index (κ3) is 1.01. The molecule has 0 bridgehead atoms. The minimum atomic E-state index is -4.03. The first-order valence-electron chi connectivity index (χ1n) is 2.80. The molecule has 1 aliphatic heterocycles. The molecule has 12 heavy (non-hydrogen) atoms. The van der Waals surface area contributed by atoms with Crippen LogP contribution in [0.4, 0.5) is 0 Å². The number of rotatable bonds is 0. The molecule has 2 heterocycles. The highest BCUT2D eigenvalue weighted by Gasteiger charge is 2.29. The maximum atomic E-state index is 10.6. The zero-order chi connectivity index (χ0) is 8.77. The lowest BCUT2D eigenvalue weighted by atomic mass is 10.6. The second kappa shape index (κ2) is 1.97. The third-order valence-corrected chi connectivity index (χ3v) is 1.88. The summed E-state index contributed by atoms with van der Waals surface area (Å²) in [5.74, 6) is -0.357. The Labute approximate surface area is 66.3 Å². The Morgan fingerprint density at radius 1 is 1.42 bits per heavy atom. The number of H-pyrrole nitrogens is 1. The van der Waals surface area contributed by atoms with E-state index < -0.39 is 16.1 Å². The van der Waals surface area contributed by atoms with Crippen LogP contribution in [0.5, 0.6) is 11.6 Å². The highest BCUT2D eigenvalue weighted by Crippen LogP contribution is 2.30. The van der Waals surface area contributed by atoms with Gasteiger partial charge in [0, 0.05) is 0 Å². The monoisotopic (exact) mass is 190 g/mol.